The number of amides is 2. The third kappa shape index (κ3) is 3.29. The van der Waals surface area contributed by atoms with Gasteiger partial charge in [0.05, 0.1) is 6.42 Å². The van der Waals surface area contributed by atoms with Gasteiger partial charge >= 0.3 is 0 Å². The molecular weight excluding hydrogens is 256 g/mol. The molecule has 1 heterocycles. The Morgan fingerprint density at radius 2 is 1.95 bits per heavy atom. The number of benzene rings is 1. The molecule has 0 bridgehead atoms. The topological polar surface area (TPSA) is 69.6 Å². The summed E-state index contributed by atoms with van der Waals surface area (Å²) in [5.74, 6) is 0.218. The van der Waals surface area contributed by atoms with Crippen molar-refractivity contribution in [1.82, 2.24) is 10.2 Å². The van der Waals surface area contributed by atoms with Crippen molar-refractivity contribution in [2.75, 3.05) is 20.1 Å². The lowest BCUT2D eigenvalue weighted by Crippen LogP contribution is -2.42. The SMILES string of the molecule is CNC(=O)C1CCN(C(=O)Cc2ccccc2O)CC1. The minimum absolute atomic E-state index is 0.00172. The number of aromatic hydroxyl groups is 1. The second kappa shape index (κ2) is 6.41. The van der Waals surface area contributed by atoms with Crippen LogP contribution in [0.4, 0.5) is 0 Å². The van der Waals surface area contributed by atoms with Crippen molar-refractivity contribution >= 4 is 11.8 Å². The maximum atomic E-state index is 12.2. The fourth-order valence-electron chi connectivity index (χ4n) is 2.53. The van der Waals surface area contributed by atoms with Gasteiger partial charge in [0.15, 0.2) is 0 Å². The minimum Gasteiger partial charge on any atom is -0.508 e. The fraction of sp³-hybridized carbons (Fsp3) is 0.467. The average Bonchev–Trinajstić information content (AvgIpc) is 2.49. The monoisotopic (exact) mass is 276 g/mol. The van der Waals surface area contributed by atoms with E-state index in [4.69, 9.17) is 0 Å². The van der Waals surface area contributed by atoms with E-state index in [2.05, 4.69) is 5.32 Å². The molecule has 0 saturated carbocycles. The number of phenols is 1. The smallest absolute Gasteiger partial charge is 0.227 e. The summed E-state index contributed by atoms with van der Waals surface area (Å²) in [4.78, 5) is 25.5. The number of para-hydroxylation sites is 1. The summed E-state index contributed by atoms with van der Waals surface area (Å²) in [6.45, 7) is 1.20. The minimum atomic E-state index is 0.00172. The van der Waals surface area contributed by atoms with E-state index in [-0.39, 0.29) is 29.9 Å². The van der Waals surface area contributed by atoms with E-state index in [9.17, 15) is 14.7 Å². The van der Waals surface area contributed by atoms with Crippen molar-refractivity contribution in [2.24, 2.45) is 5.92 Å². The highest BCUT2D eigenvalue weighted by atomic mass is 16.3. The summed E-state index contributed by atoms with van der Waals surface area (Å²) in [6.07, 6.45) is 1.61. The number of piperidine rings is 1. The summed E-state index contributed by atoms with van der Waals surface area (Å²) in [5.41, 5.74) is 0.644. The third-order valence-corrected chi connectivity index (χ3v) is 3.80. The summed E-state index contributed by atoms with van der Waals surface area (Å²) >= 11 is 0. The maximum absolute atomic E-state index is 12.2. The molecule has 1 fully saturated rings. The molecule has 1 aliphatic heterocycles. The Morgan fingerprint density at radius 1 is 1.30 bits per heavy atom. The first-order valence-electron chi connectivity index (χ1n) is 6.88. The number of carbonyl (C=O) groups is 2. The van der Waals surface area contributed by atoms with Crippen LogP contribution in [0.15, 0.2) is 24.3 Å². The van der Waals surface area contributed by atoms with Gasteiger partial charge in [-0.3, -0.25) is 9.59 Å². The van der Waals surface area contributed by atoms with Gasteiger partial charge in [-0.2, -0.15) is 0 Å². The quantitative estimate of drug-likeness (QED) is 0.862. The molecule has 5 nitrogen and oxygen atoms in total. The molecular formula is C15H20N2O3. The molecule has 1 aromatic rings. The number of nitrogens with zero attached hydrogens (tertiary/aromatic N) is 1. The Kier molecular flexibility index (Phi) is 4.61. The van der Waals surface area contributed by atoms with Gasteiger partial charge in [0.2, 0.25) is 11.8 Å². The predicted molar refractivity (Wildman–Crippen MR) is 75.2 cm³/mol. The number of phenolic OH excluding ortho intramolecular Hbond substituents is 1. The number of hydrogen-bond donors (Lipinski definition) is 2. The van der Waals surface area contributed by atoms with Gasteiger partial charge in [0.1, 0.15) is 5.75 Å². The van der Waals surface area contributed by atoms with E-state index < -0.39 is 0 Å². The third-order valence-electron chi connectivity index (χ3n) is 3.80. The van der Waals surface area contributed by atoms with Crippen molar-refractivity contribution in [1.29, 1.82) is 0 Å². The highest BCUT2D eigenvalue weighted by molar-refractivity contribution is 5.81. The molecule has 1 aliphatic rings. The van der Waals surface area contributed by atoms with Crippen LogP contribution in [0, 0.1) is 5.92 Å². The van der Waals surface area contributed by atoms with E-state index in [1.54, 1.807) is 36.2 Å². The predicted octanol–water partition coefficient (Wildman–Crippen LogP) is 0.919. The molecule has 0 radical (unpaired) electrons. The molecule has 108 valence electrons. The normalized spacial score (nSPS) is 15.9. The lowest BCUT2D eigenvalue weighted by molar-refractivity contribution is -0.134. The first kappa shape index (κ1) is 14.4. The van der Waals surface area contributed by atoms with Gasteiger partial charge in [-0.25, -0.2) is 0 Å². The zero-order valence-electron chi connectivity index (χ0n) is 11.6. The molecule has 2 rings (SSSR count). The molecule has 0 atom stereocenters. The summed E-state index contributed by atoms with van der Waals surface area (Å²) < 4.78 is 0. The van der Waals surface area contributed by atoms with Crippen LogP contribution in [0.1, 0.15) is 18.4 Å². The van der Waals surface area contributed by atoms with Crippen LogP contribution in [0.5, 0.6) is 5.75 Å². The standard InChI is InChI=1S/C15H20N2O3/c1-16-15(20)11-6-8-17(9-7-11)14(19)10-12-4-2-3-5-13(12)18/h2-5,11,18H,6-10H2,1H3,(H,16,20). The molecule has 1 aromatic carbocycles. The highest BCUT2D eigenvalue weighted by Crippen LogP contribution is 2.20. The lowest BCUT2D eigenvalue weighted by Gasteiger charge is -2.31. The molecule has 0 aliphatic carbocycles. The largest absolute Gasteiger partial charge is 0.508 e. The number of rotatable bonds is 3. The van der Waals surface area contributed by atoms with Crippen LogP contribution >= 0.6 is 0 Å². The van der Waals surface area contributed by atoms with Gasteiger partial charge in [-0.15, -0.1) is 0 Å². The van der Waals surface area contributed by atoms with Gasteiger partial charge < -0.3 is 15.3 Å². The molecule has 2 amide bonds. The zero-order valence-corrected chi connectivity index (χ0v) is 11.6. The van der Waals surface area contributed by atoms with Gasteiger partial charge in [0.25, 0.3) is 0 Å². The molecule has 20 heavy (non-hydrogen) atoms. The first-order valence-corrected chi connectivity index (χ1v) is 6.88. The number of nitrogens with one attached hydrogen (secondary N) is 1. The zero-order chi connectivity index (χ0) is 14.5. The van der Waals surface area contributed by atoms with Crippen LogP contribution < -0.4 is 5.32 Å². The second-order valence-corrected chi connectivity index (χ2v) is 5.07. The van der Waals surface area contributed by atoms with Crippen LogP contribution in [-0.2, 0) is 16.0 Å². The van der Waals surface area contributed by atoms with Gasteiger partial charge in [-0.05, 0) is 18.9 Å². The Balaban J connectivity index is 1.89. The van der Waals surface area contributed by atoms with E-state index >= 15 is 0 Å². The Morgan fingerprint density at radius 3 is 2.55 bits per heavy atom. The lowest BCUT2D eigenvalue weighted by atomic mass is 9.95. The maximum Gasteiger partial charge on any atom is 0.227 e. The first-order chi connectivity index (χ1) is 9.61. The molecule has 1 saturated heterocycles. The van der Waals surface area contributed by atoms with Crippen LogP contribution in [0.3, 0.4) is 0 Å². The fourth-order valence-corrected chi connectivity index (χ4v) is 2.53. The summed E-state index contributed by atoms with van der Waals surface area (Å²) in [5, 5.41) is 12.3. The van der Waals surface area contributed by atoms with E-state index in [1.165, 1.54) is 0 Å². The van der Waals surface area contributed by atoms with Crippen molar-refractivity contribution in [3.05, 3.63) is 29.8 Å². The molecule has 2 N–H and O–H groups in total. The van der Waals surface area contributed by atoms with Crippen LogP contribution in [0.25, 0.3) is 0 Å². The van der Waals surface area contributed by atoms with Crippen LogP contribution in [0.2, 0.25) is 0 Å². The van der Waals surface area contributed by atoms with Crippen molar-refractivity contribution in [3.8, 4) is 5.75 Å². The van der Waals surface area contributed by atoms with E-state index in [0.717, 1.165) is 0 Å². The summed E-state index contributed by atoms with van der Waals surface area (Å²) in [6, 6.07) is 6.88. The van der Waals surface area contributed by atoms with E-state index in [1.807, 2.05) is 0 Å². The molecule has 0 unspecified atom stereocenters. The molecule has 0 aromatic heterocycles. The average molecular weight is 276 g/mol. The van der Waals surface area contributed by atoms with Crippen molar-refractivity contribution < 1.29 is 14.7 Å². The van der Waals surface area contributed by atoms with E-state index in [0.29, 0.717) is 31.5 Å². The Labute approximate surface area is 118 Å². The van der Waals surface area contributed by atoms with Gasteiger partial charge in [-0.1, -0.05) is 18.2 Å². The van der Waals surface area contributed by atoms with Crippen LogP contribution in [-0.4, -0.2) is 42.0 Å². The van der Waals surface area contributed by atoms with Gasteiger partial charge in [0, 0.05) is 31.6 Å². The van der Waals surface area contributed by atoms with Crippen molar-refractivity contribution in [3.63, 3.8) is 0 Å². The number of likely N-dealkylation sites (tertiary alicyclic amines) is 1. The second-order valence-electron chi connectivity index (χ2n) is 5.07. The Bertz CT molecular complexity index is 494. The number of hydrogen-bond acceptors (Lipinski definition) is 3. The Hall–Kier alpha value is -2.04. The summed E-state index contributed by atoms with van der Waals surface area (Å²) in [7, 11) is 1.64. The molecule has 5 heteroatoms. The number of carbonyl (C=O) groups excluding carboxylic acids is 2. The molecule has 0 spiro atoms. The van der Waals surface area contributed by atoms with Crippen molar-refractivity contribution in [2.45, 2.75) is 19.3 Å². The highest BCUT2D eigenvalue weighted by Gasteiger charge is 2.26.